The highest BCUT2D eigenvalue weighted by molar-refractivity contribution is 6.36. The third-order valence-corrected chi connectivity index (χ3v) is 5.13. The quantitative estimate of drug-likeness (QED) is 0.524. The molecule has 7 nitrogen and oxygen atoms in total. The van der Waals surface area contributed by atoms with E-state index in [1.807, 2.05) is 38.1 Å². The first-order valence-corrected chi connectivity index (χ1v) is 10.6. The first-order chi connectivity index (χ1) is 16.0. The van der Waals surface area contributed by atoms with E-state index in [2.05, 4.69) is 10.3 Å². The van der Waals surface area contributed by atoms with E-state index >= 15 is 0 Å². The van der Waals surface area contributed by atoms with Crippen LogP contribution in [0.25, 0.3) is 5.57 Å². The van der Waals surface area contributed by atoms with Crippen molar-refractivity contribution < 1.29 is 19.1 Å². The van der Waals surface area contributed by atoms with Gasteiger partial charge in [-0.1, -0.05) is 12.1 Å². The number of benzene rings is 2. The number of pyridine rings is 1. The molecule has 0 saturated heterocycles. The first-order valence-electron chi connectivity index (χ1n) is 10.6. The molecular formula is C26H25N3O4. The Kier molecular flexibility index (Phi) is 6.40. The SMILES string of the molecule is COc1ccc(C2=C(Nc3ccc(OC(C)C)cc3)C(=O)N(Cc3ccncc3)C2=O)cc1. The summed E-state index contributed by atoms with van der Waals surface area (Å²) in [4.78, 5) is 32.0. The van der Waals surface area contributed by atoms with Crippen LogP contribution in [0, 0.1) is 0 Å². The second kappa shape index (κ2) is 9.56. The maximum absolute atomic E-state index is 13.4. The summed E-state index contributed by atoms with van der Waals surface area (Å²) in [6, 6.07) is 17.9. The van der Waals surface area contributed by atoms with Crippen molar-refractivity contribution in [3.8, 4) is 11.5 Å². The largest absolute Gasteiger partial charge is 0.497 e. The molecule has 0 spiro atoms. The van der Waals surface area contributed by atoms with Crippen LogP contribution in [0.3, 0.4) is 0 Å². The van der Waals surface area contributed by atoms with Gasteiger partial charge < -0.3 is 14.8 Å². The molecule has 0 unspecified atom stereocenters. The molecule has 1 N–H and O–H groups in total. The van der Waals surface area contributed by atoms with Crippen molar-refractivity contribution in [2.45, 2.75) is 26.5 Å². The fourth-order valence-corrected chi connectivity index (χ4v) is 3.57. The highest BCUT2D eigenvalue weighted by atomic mass is 16.5. The zero-order valence-electron chi connectivity index (χ0n) is 18.7. The van der Waals surface area contributed by atoms with Crippen LogP contribution < -0.4 is 14.8 Å². The Labute approximate surface area is 192 Å². The number of rotatable bonds is 8. The molecule has 0 fully saturated rings. The van der Waals surface area contributed by atoms with E-state index in [-0.39, 0.29) is 30.2 Å². The van der Waals surface area contributed by atoms with E-state index in [0.29, 0.717) is 22.6 Å². The zero-order valence-corrected chi connectivity index (χ0v) is 18.7. The molecule has 2 amide bonds. The number of ether oxygens (including phenoxy) is 2. The number of amides is 2. The van der Waals surface area contributed by atoms with E-state index in [1.54, 1.807) is 55.9 Å². The van der Waals surface area contributed by atoms with Crippen molar-refractivity contribution in [1.29, 1.82) is 0 Å². The van der Waals surface area contributed by atoms with Crippen molar-refractivity contribution >= 4 is 23.1 Å². The van der Waals surface area contributed by atoms with Crippen LogP contribution in [0.15, 0.2) is 78.8 Å². The van der Waals surface area contributed by atoms with Gasteiger partial charge in [-0.2, -0.15) is 0 Å². The number of methoxy groups -OCH3 is 1. The lowest BCUT2D eigenvalue weighted by Gasteiger charge is -2.15. The number of hydrogen-bond donors (Lipinski definition) is 1. The van der Waals surface area contributed by atoms with Gasteiger partial charge in [-0.3, -0.25) is 19.5 Å². The van der Waals surface area contributed by atoms with Crippen molar-refractivity contribution in [3.63, 3.8) is 0 Å². The van der Waals surface area contributed by atoms with Crippen molar-refractivity contribution in [3.05, 3.63) is 89.9 Å². The predicted octanol–water partition coefficient (Wildman–Crippen LogP) is 4.27. The van der Waals surface area contributed by atoms with Gasteiger partial charge in [0.15, 0.2) is 0 Å². The molecule has 0 radical (unpaired) electrons. The summed E-state index contributed by atoms with van der Waals surface area (Å²) in [6.45, 7) is 4.07. The summed E-state index contributed by atoms with van der Waals surface area (Å²) in [6.07, 6.45) is 3.33. The number of imide groups is 1. The lowest BCUT2D eigenvalue weighted by molar-refractivity contribution is -0.137. The molecule has 168 valence electrons. The second-order valence-electron chi connectivity index (χ2n) is 7.85. The van der Waals surface area contributed by atoms with Gasteiger partial charge in [-0.25, -0.2) is 0 Å². The number of nitrogens with zero attached hydrogens (tertiary/aromatic N) is 2. The monoisotopic (exact) mass is 443 g/mol. The molecule has 33 heavy (non-hydrogen) atoms. The van der Waals surface area contributed by atoms with Crippen molar-refractivity contribution in [2.24, 2.45) is 0 Å². The number of carbonyl (C=O) groups excluding carboxylic acids is 2. The molecule has 1 aliphatic rings. The van der Waals surface area contributed by atoms with Crippen molar-refractivity contribution in [1.82, 2.24) is 9.88 Å². The fourth-order valence-electron chi connectivity index (χ4n) is 3.57. The number of hydrogen-bond acceptors (Lipinski definition) is 6. The number of aromatic nitrogens is 1. The van der Waals surface area contributed by atoms with Gasteiger partial charge in [0.2, 0.25) is 0 Å². The van der Waals surface area contributed by atoms with Gasteiger partial charge >= 0.3 is 0 Å². The third-order valence-electron chi connectivity index (χ3n) is 5.13. The highest BCUT2D eigenvalue weighted by Gasteiger charge is 2.39. The zero-order chi connectivity index (χ0) is 23.4. The van der Waals surface area contributed by atoms with Gasteiger partial charge in [0.1, 0.15) is 17.2 Å². The van der Waals surface area contributed by atoms with Gasteiger partial charge in [0.25, 0.3) is 11.8 Å². The van der Waals surface area contributed by atoms with Gasteiger partial charge in [0.05, 0.1) is 25.3 Å². The van der Waals surface area contributed by atoms with Crippen molar-refractivity contribution in [2.75, 3.05) is 12.4 Å². The summed E-state index contributed by atoms with van der Waals surface area (Å²) in [5.41, 5.74) is 2.68. The molecule has 0 aliphatic carbocycles. The van der Waals surface area contributed by atoms with E-state index in [1.165, 1.54) is 4.90 Å². The number of carbonyl (C=O) groups is 2. The Bertz CT molecular complexity index is 1170. The Hall–Kier alpha value is -4.13. The molecule has 2 aromatic carbocycles. The minimum absolute atomic E-state index is 0.0592. The number of anilines is 1. The Morgan fingerprint density at radius 3 is 2.12 bits per heavy atom. The van der Waals surface area contributed by atoms with Crippen LogP contribution in [0.5, 0.6) is 11.5 Å². The molecule has 0 saturated carbocycles. The van der Waals surface area contributed by atoms with E-state index in [0.717, 1.165) is 11.3 Å². The summed E-state index contributed by atoms with van der Waals surface area (Å²) in [7, 11) is 1.58. The minimum Gasteiger partial charge on any atom is -0.497 e. The van der Waals surface area contributed by atoms with Gasteiger partial charge in [-0.15, -0.1) is 0 Å². The molecular weight excluding hydrogens is 418 g/mol. The van der Waals surface area contributed by atoms with Gasteiger partial charge in [0, 0.05) is 18.1 Å². The Balaban J connectivity index is 1.68. The van der Waals surface area contributed by atoms with Crippen LogP contribution in [0.1, 0.15) is 25.0 Å². The first kappa shape index (κ1) is 22.1. The van der Waals surface area contributed by atoms with E-state index in [4.69, 9.17) is 9.47 Å². The maximum atomic E-state index is 13.4. The third kappa shape index (κ3) is 4.87. The molecule has 0 bridgehead atoms. The highest BCUT2D eigenvalue weighted by Crippen LogP contribution is 2.32. The summed E-state index contributed by atoms with van der Waals surface area (Å²) in [5, 5.41) is 3.16. The van der Waals surface area contributed by atoms with Crippen LogP contribution in [-0.4, -0.2) is 34.9 Å². The van der Waals surface area contributed by atoms with E-state index in [9.17, 15) is 9.59 Å². The lowest BCUT2D eigenvalue weighted by Crippen LogP contribution is -2.32. The lowest BCUT2D eigenvalue weighted by atomic mass is 10.0. The molecule has 4 rings (SSSR count). The number of nitrogens with one attached hydrogen (secondary N) is 1. The van der Waals surface area contributed by atoms with Gasteiger partial charge in [-0.05, 0) is 73.5 Å². The van der Waals surface area contributed by atoms with Crippen LogP contribution in [0.4, 0.5) is 5.69 Å². The summed E-state index contributed by atoms with van der Waals surface area (Å²) < 4.78 is 10.9. The van der Waals surface area contributed by atoms with Crippen LogP contribution in [0.2, 0.25) is 0 Å². The molecule has 1 aliphatic heterocycles. The Morgan fingerprint density at radius 1 is 0.879 bits per heavy atom. The predicted molar refractivity (Wildman–Crippen MR) is 126 cm³/mol. The molecule has 1 aromatic heterocycles. The summed E-state index contributed by atoms with van der Waals surface area (Å²) >= 11 is 0. The topological polar surface area (TPSA) is 80.8 Å². The molecule has 2 heterocycles. The standard InChI is InChI=1S/C26H25N3O4/c1-17(2)33-22-10-6-20(7-11-22)28-24-23(19-4-8-21(32-3)9-5-19)25(30)29(26(24)31)16-18-12-14-27-15-13-18/h4-15,17,28H,16H2,1-3H3. The average molecular weight is 444 g/mol. The van der Waals surface area contributed by atoms with Crippen LogP contribution in [-0.2, 0) is 16.1 Å². The van der Waals surface area contributed by atoms with Crippen LogP contribution >= 0.6 is 0 Å². The molecule has 7 heteroatoms. The molecule has 0 atom stereocenters. The second-order valence-corrected chi connectivity index (χ2v) is 7.85. The smallest absolute Gasteiger partial charge is 0.278 e. The summed E-state index contributed by atoms with van der Waals surface area (Å²) in [5.74, 6) is 0.655. The average Bonchev–Trinajstić information content (AvgIpc) is 3.05. The van der Waals surface area contributed by atoms with E-state index < -0.39 is 0 Å². The maximum Gasteiger partial charge on any atom is 0.278 e. The fraction of sp³-hybridized carbons (Fsp3) is 0.192. The normalized spacial score (nSPS) is 13.6. The minimum atomic E-state index is -0.384. The molecule has 3 aromatic rings. The Morgan fingerprint density at radius 2 is 1.52 bits per heavy atom.